The van der Waals surface area contributed by atoms with Crippen LogP contribution >= 0.6 is 8.25 Å². The minimum absolute atomic E-state index is 0.0454. The maximum atomic E-state index is 12.3. The van der Waals surface area contributed by atoms with Crippen LogP contribution in [0.3, 0.4) is 0 Å². The molecule has 6 nitrogen and oxygen atoms in total. The molecule has 1 N–H and O–H groups in total. The van der Waals surface area contributed by atoms with E-state index in [9.17, 15) is 9.36 Å². The van der Waals surface area contributed by atoms with E-state index >= 15 is 0 Å². The van der Waals surface area contributed by atoms with E-state index < -0.39 is 13.7 Å². The van der Waals surface area contributed by atoms with Gasteiger partial charge in [-0.05, 0) is 26.2 Å². The molecule has 0 aliphatic heterocycles. The zero-order chi connectivity index (χ0) is 16.0. The molecule has 0 aromatic heterocycles. The van der Waals surface area contributed by atoms with Gasteiger partial charge in [0.25, 0.3) is 0 Å². The summed E-state index contributed by atoms with van der Waals surface area (Å²) < 4.78 is 19.4. The molecular weight excluding hydrogens is 283 g/mol. The fourth-order valence-corrected chi connectivity index (χ4v) is 1.75. The first-order valence-corrected chi connectivity index (χ1v) is 7.63. The molecule has 0 aliphatic rings. The average molecular weight is 308 g/mol. The molecule has 0 bridgehead atoms. The predicted molar refractivity (Wildman–Crippen MR) is 76.2 cm³/mol. The summed E-state index contributed by atoms with van der Waals surface area (Å²) in [6.07, 6.45) is 1.89. The largest absolute Gasteiger partial charge is 0.462 e. The molecule has 0 fully saturated rings. The van der Waals surface area contributed by atoms with Crippen LogP contribution in [-0.2, 0) is 23.7 Å². The van der Waals surface area contributed by atoms with Gasteiger partial charge in [-0.25, -0.2) is 4.89 Å². The summed E-state index contributed by atoms with van der Waals surface area (Å²) in [6.45, 7) is 11.4. The van der Waals surface area contributed by atoms with Crippen LogP contribution in [0, 0.1) is 10.8 Å². The van der Waals surface area contributed by atoms with Gasteiger partial charge in [-0.3, -0.25) is 9.36 Å². The molecule has 0 saturated carbocycles. The predicted octanol–water partition coefficient (Wildman–Crippen LogP) is 2.88. The molecule has 2 atom stereocenters. The highest BCUT2D eigenvalue weighted by atomic mass is 31.1. The number of hydrogen-bond donors (Lipinski definition) is 1. The van der Waals surface area contributed by atoms with E-state index in [-0.39, 0.29) is 24.6 Å². The lowest BCUT2D eigenvalue weighted by Gasteiger charge is -2.37. The average Bonchev–Trinajstić information content (AvgIpc) is 2.25. The van der Waals surface area contributed by atoms with Crippen LogP contribution in [0.15, 0.2) is 11.6 Å². The van der Waals surface area contributed by atoms with E-state index in [0.717, 1.165) is 5.57 Å². The van der Waals surface area contributed by atoms with Crippen LogP contribution in [0.4, 0.5) is 0 Å². The quantitative estimate of drug-likeness (QED) is 0.194. The Labute approximate surface area is 121 Å². The molecule has 20 heavy (non-hydrogen) atoms. The number of ether oxygens (including phenoxy) is 1. The molecule has 0 radical (unpaired) electrons. The van der Waals surface area contributed by atoms with Crippen LogP contribution in [0.1, 0.15) is 41.5 Å². The Bertz CT molecular complexity index is 381. The lowest BCUT2D eigenvalue weighted by Crippen LogP contribution is -2.40. The maximum absolute atomic E-state index is 12.3. The van der Waals surface area contributed by atoms with Gasteiger partial charge < -0.3 is 9.63 Å². The fraction of sp³-hybridized carbons (Fsp3) is 0.769. The van der Waals surface area contributed by atoms with Crippen molar-refractivity contribution in [3.05, 3.63) is 11.6 Å². The van der Waals surface area contributed by atoms with Crippen LogP contribution in [0.5, 0.6) is 0 Å². The molecule has 0 saturated heterocycles. The standard InChI is InChI=1S/C13H25O6P/c1-10(2)9-13(6,12(3,4)5)11(14)17-7-8-18-19-20(15)16/h9,20H,7-8H2,1-6H3,(H,15,16). The Hall–Kier alpha value is -0.680. The molecule has 118 valence electrons. The van der Waals surface area contributed by atoms with E-state index in [1.165, 1.54) is 0 Å². The summed E-state index contributed by atoms with van der Waals surface area (Å²) in [5, 5.41) is 0. The molecule has 0 rings (SSSR count). The Morgan fingerprint density at radius 3 is 2.15 bits per heavy atom. The minimum atomic E-state index is -3.12. The van der Waals surface area contributed by atoms with E-state index in [1.807, 2.05) is 47.6 Å². The van der Waals surface area contributed by atoms with E-state index in [2.05, 4.69) is 9.56 Å². The lowest BCUT2D eigenvalue weighted by molar-refractivity contribution is -0.217. The zero-order valence-corrected chi connectivity index (χ0v) is 14.0. The van der Waals surface area contributed by atoms with Crippen LogP contribution < -0.4 is 0 Å². The highest BCUT2D eigenvalue weighted by Gasteiger charge is 2.43. The summed E-state index contributed by atoms with van der Waals surface area (Å²) in [5.41, 5.74) is -0.0515. The molecule has 7 heteroatoms. The number of esters is 1. The molecule has 0 amide bonds. The summed E-state index contributed by atoms with van der Waals surface area (Å²) in [7, 11) is -3.12. The number of carbonyl (C=O) groups excluding carboxylic acids is 1. The van der Waals surface area contributed by atoms with Crippen LogP contribution in [0.2, 0.25) is 0 Å². The van der Waals surface area contributed by atoms with Gasteiger partial charge in [0.15, 0.2) is 0 Å². The first-order valence-electron chi connectivity index (χ1n) is 6.36. The van der Waals surface area contributed by atoms with Crippen molar-refractivity contribution in [2.75, 3.05) is 13.2 Å². The van der Waals surface area contributed by atoms with Crippen molar-refractivity contribution < 1.29 is 28.6 Å². The first-order chi connectivity index (χ1) is 9.00. The normalized spacial score (nSPS) is 16.1. The summed E-state index contributed by atoms with van der Waals surface area (Å²) in [4.78, 5) is 25.1. The SMILES string of the molecule is CC(C)=CC(C)(C(=O)OCCOO[PH](=O)O)C(C)(C)C. The number of carbonyl (C=O) groups is 1. The van der Waals surface area contributed by atoms with Gasteiger partial charge in [0.1, 0.15) is 13.2 Å². The number of rotatable bonds is 7. The van der Waals surface area contributed by atoms with Gasteiger partial charge in [0.2, 0.25) is 0 Å². The highest BCUT2D eigenvalue weighted by molar-refractivity contribution is 7.31. The third-order valence-corrected chi connectivity index (χ3v) is 3.35. The van der Waals surface area contributed by atoms with Gasteiger partial charge in [0, 0.05) is 0 Å². The Balaban J connectivity index is 4.60. The van der Waals surface area contributed by atoms with Gasteiger partial charge in [-0.1, -0.05) is 32.4 Å². The minimum Gasteiger partial charge on any atom is -0.462 e. The molecule has 0 heterocycles. The van der Waals surface area contributed by atoms with Crippen molar-refractivity contribution in [2.24, 2.45) is 10.8 Å². The van der Waals surface area contributed by atoms with E-state index in [4.69, 9.17) is 9.63 Å². The maximum Gasteiger partial charge on any atom is 0.344 e. The second-order valence-electron chi connectivity index (χ2n) is 5.98. The van der Waals surface area contributed by atoms with Gasteiger partial charge in [0.05, 0.1) is 5.41 Å². The summed E-state index contributed by atoms with van der Waals surface area (Å²) in [5.74, 6) is -0.369. The summed E-state index contributed by atoms with van der Waals surface area (Å²) in [6, 6.07) is 0. The fourth-order valence-electron chi connectivity index (χ4n) is 1.57. The molecule has 0 aromatic rings. The second-order valence-corrected chi connectivity index (χ2v) is 6.68. The zero-order valence-electron chi connectivity index (χ0n) is 13.0. The Kier molecular flexibility index (Phi) is 7.66. The van der Waals surface area contributed by atoms with Crippen LogP contribution in [0.25, 0.3) is 0 Å². The van der Waals surface area contributed by atoms with Gasteiger partial charge in [-0.15, -0.1) is 0 Å². The van der Waals surface area contributed by atoms with Crippen molar-refractivity contribution >= 4 is 14.2 Å². The first kappa shape index (κ1) is 19.3. The van der Waals surface area contributed by atoms with Crippen molar-refractivity contribution in [3.8, 4) is 0 Å². The molecule has 0 spiro atoms. The molecular formula is C13H25O6P. The van der Waals surface area contributed by atoms with Crippen molar-refractivity contribution in [1.29, 1.82) is 0 Å². The van der Waals surface area contributed by atoms with Crippen LogP contribution in [-0.4, -0.2) is 24.1 Å². The third-order valence-electron chi connectivity index (χ3n) is 3.09. The van der Waals surface area contributed by atoms with Crippen molar-refractivity contribution in [1.82, 2.24) is 0 Å². The van der Waals surface area contributed by atoms with E-state index in [0.29, 0.717) is 0 Å². The van der Waals surface area contributed by atoms with E-state index in [1.54, 1.807) is 0 Å². The van der Waals surface area contributed by atoms with Crippen molar-refractivity contribution in [2.45, 2.75) is 41.5 Å². The lowest BCUT2D eigenvalue weighted by atomic mass is 9.67. The monoisotopic (exact) mass is 308 g/mol. The topological polar surface area (TPSA) is 82.1 Å². The number of hydrogen-bond acceptors (Lipinski definition) is 5. The Morgan fingerprint density at radius 2 is 1.75 bits per heavy atom. The highest BCUT2D eigenvalue weighted by Crippen LogP contribution is 2.41. The van der Waals surface area contributed by atoms with Gasteiger partial charge in [-0.2, -0.15) is 4.67 Å². The molecule has 0 aromatic carbocycles. The smallest absolute Gasteiger partial charge is 0.344 e. The van der Waals surface area contributed by atoms with Crippen molar-refractivity contribution in [3.63, 3.8) is 0 Å². The Morgan fingerprint density at radius 1 is 1.20 bits per heavy atom. The number of allylic oxidation sites excluding steroid dienone is 1. The molecule has 0 aliphatic carbocycles. The van der Waals surface area contributed by atoms with Gasteiger partial charge >= 0.3 is 14.2 Å². The second kappa shape index (κ2) is 7.93. The summed E-state index contributed by atoms with van der Waals surface area (Å²) >= 11 is 0. The third kappa shape index (κ3) is 6.18. The molecule has 2 unspecified atom stereocenters.